The van der Waals surface area contributed by atoms with Crippen LogP contribution in [0.3, 0.4) is 0 Å². The number of fused-ring (bicyclic) bond motifs is 1. The van der Waals surface area contributed by atoms with Crippen molar-refractivity contribution in [1.29, 1.82) is 0 Å². The molecule has 3 nitrogen and oxygen atoms in total. The quantitative estimate of drug-likeness (QED) is 0.880. The Bertz CT molecular complexity index is 598. The Kier molecular flexibility index (Phi) is 4.56. The summed E-state index contributed by atoms with van der Waals surface area (Å²) in [4.78, 5) is 11.6. The van der Waals surface area contributed by atoms with Crippen molar-refractivity contribution in [2.75, 3.05) is 6.61 Å². The Morgan fingerprint density at radius 3 is 2.79 bits per heavy atom. The first-order valence-electron chi connectivity index (χ1n) is 6.21. The van der Waals surface area contributed by atoms with Gasteiger partial charge in [0.25, 0.3) is 0 Å². The van der Waals surface area contributed by atoms with Crippen LogP contribution >= 0.6 is 15.9 Å². The second-order valence-electron chi connectivity index (χ2n) is 4.32. The van der Waals surface area contributed by atoms with E-state index in [2.05, 4.69) is 22.0 Å². The molecule has 2 rings (SSSR count). The van der Waals surface area contributed by atoms with E-state index in [0.29, 0.717) is 13.0 Å². The summed E-state index contributed by atoms with van der Waals surface area (Å²) in [5.74, 6) is -0.359. The molecule has 0 saturated carbocycles. The van der Waals surface area contributed by atoms with E-state index >= 15 is 0 Å². The van der Waals surface area contributed by atoms with Crippen LogP contribution in [0.1, 0.15) is 12.5 Å². The van der Waals surface area contributed by atoms with Gasteiger partial charge in [0.2, 0.25) is 0 Å². The molecule has 0 aliphatic carbocycles. The van der Waals surface area contributed by atoms with Crippen LogP contribution in [0.25, 0.3) is 10.8 Å². The van der Waals surface area contributed by atoms with Gasteiger partial charge in [-0.1, -0.05) is 36.4 Å². The third-order valence-corrected chi connectivity index (χ3v) is 3.91. The summed E-state index contributed by atoms with van der Waals surface area (Å²) < 4.78 is 5.92. The number of nitrogens with two attached hydrogens (primary N) is 1. The zero-order valence-electron chi connectivity index (χ0n) is 10.7. The van der Waals surface area contributed by atoms with Crippen LogP contribution in [-0.4, -0.2) is 18.6 Å². The van der Waals surface area contributed by atoms with E-state index in [1.807, 2.05) is 30.3 Å². The average molecular weight is 322 g/mol. The summed E-state index contributed by atoms with van der Waals surface area (Å²) in [6.07, 6.45) is 0.463. The molecule has 0 spiro atoms. The van der Waals surface area contributed by atoms with Crippen LogP contribution in [0.5, 0.6) is 0 Å². The van der Waals surface area contributed by atoms with E-state index in [0.717, 1.165) is 20.8 Å². The molecule has 0 radical (unpaired) electrons. The minimum Gasteiger partial charge on any atom is -0.465 e. The molecule has 0 fully saturated rings. The molecule has 19 heavy (non-hydrogen) atoms. The fourth-order valence-corrected chi connectivity index (χ4v) is 2.66. The predicted molar refractivity (Wildman–Crippen MR) is 80.0 cm³/mol. The number of hydrogen-bond acceptors (Lipinski definition) is 3. The molecule has 0 saturated heterocycles. The van der Waals surface area contributed by atoms with Gasteiger partial charge in [-0.2, -0.15) is 0 Å². The molecule has 0 aliphatic heterocycles. The fraction of sp³-hybridized carbons (Fsp3) is 0.267. The number of rotatable bonds is 4. The van der Waals surface area contributed by atoms with Gasteiger partial charge in [-0.15, -0.1) is 0 Å². The standard InChI is InChI=1S/C15H16BrNO2/c1-2-19-15(18)13(17)9-11-8-7-10-5-3-4-6-12(10)14(11)16/h3-8,13H,2,9,17H2,1H3. The molecular formula is C15H16BrNO2. The van der Waals surface area contributed by atoms with Crippen molar-refractivity contribution in [2.24, 2.45) is 5.73 Å². The monoisotopic (exact) mass is 321 g/mol. The first-order chi connectivity index (χ1) is 9.13. The van der Waals surface area contributed by atoms with Crippen molar-refractivity contribution >= 4 is 32.7 Å². The van der Waals surface area contributed by atoms with Crippen LogP contribution in [0, 0.1) is 0 Å². The molecule has 2 aromatic rings. The molecular weight excluding hydrogens is 306 g/mol. The van der Waals surface area contributed by atoms with Gasteiger partial charge in [-0.25, -0.2) is 0 Å². The summed E-state index contributed by atoms with van der Waals surface area (Å²) in [7, 11) is 0. The number of halogens is 1. The van der Waals surface area contributed by atoms with Crippen molar-refractivity contribution in [2.45, 2.75) is 19.4 Å². The largest absolute Gasteiger partial charge is 0.465 e. The highest BCUT2D eigenvalue weighted by Gasteiger charge is 2.17. The van der Waals surface area contributed by atoms with Crippen LogP contribution < -0.4 is 5.73 Å². The van der Waals surface area contributed by atoms with Crippen LogP contribution in [0.15, 0.2) is 40.9 Å². The Morgan fingerprint density at radius 2 is 2.05 bits per heavy atom. The van der Waals surface area contributed by atoms with E-state index in [-0.39, 0.29) is 5.97 Å². The lowest BCUT2D eigenvalue weighted by molar-refractivity contribution is -0.144. The van der Waals surface area contributed by atoms with Crippen LogP contribution in [0.4, 0.5) is 0 Å². The van der Waals surface area contributed by atoms with Crippen LogP contribution in [0.2, 0.25) is 0 Å². The summed E-state index contributed by atoms with van der Waals surface area (Å²) in [5, 5.41) is 2.28. The maximum absolute atomic E-state index is 11.6. The lowest BCUT2D eigenvalue weighted by Crippen LogP contribution is -2.34. The zero-order chi connectivity index (χ0) is 13.8. The second-order valence-corrected chi connectivity index (χ2v) is 5.12. The Morgan fingerprint density at radius 1 is 1.32 bits per heavy atom. The number of ether oxygens (including phenoxy) is 1. The third kappa shape index (κ3) is 3.14. The summed E-state index contributed by atoms with van der Waals surface area (Å²) in [5.41, 5.74) is 6.87. The van der Waals surface area contributed by atoms with Gasteiger partial charge in [0, 0.05) is 4.47 Å². The topological polar surface area (TPSA) is 52.3 Å². The number of esters is 1. The molecule has 2 aromatic carbocycles. The summed E-state index contributed by atoms with van der Waals surface area (Å²) in [6, 6.07) is 11.5. The van der Waals surface area contributed by atoms with Crippen molar-refractivity contribution < 1.29 is 9.53 Å². The maximum Gasteiger partial charge on any atom is 0.323 e. The van der Waals surface area contributed by atoms with Gasteiger partial charge in [0.1, 0.15) is 6.04 Å². The molecule has 2 N–H and O–H groups in total. The predicted octanol–water partition coefficient (Wildman–Crippen LogP) is 3.04. The van der Waals surface area contributed by atoms with E-state index in [1.54, 1.807) is 6.92 Å². The smallest absolute Gasteiger partial charge is 0.323 e. The Hall–Kier alpha value is -1.39. The molecule has 4 heteroatoms. The fourth-order valence-electron chi connectivity index (χ4n) is 2.01. The highest BCUT2D eigenvalue weighted by atomic mass is 79.9. The van der Waals surface area contributed by atoms with Gasteiger partial charge >= 0.3 is 5.97 Å². The van der Waals surface area contributed by atoms with Gasteiger partial charge in [-0.3, -0.25) is 4.79 Å². The number of benzene rings is 2. The average Bonchev–Trinajstić information content (AvgIpc) is 2.42. The molecule has 0 amide bonds. The third-order valence-electron chi connectivity index (χ3n) is 2.97. The van der Waals surface area contributed by atoms with Gasteiger partial charge < -0.3 is 10.5 Å². The number of carbonyl (C=O) groups excluding carboxylic acids is 1. The summed E-state index contributed by atoms with van der Waals surface area (Å²) >= 11 is 3.59. The lowest BCUT2D eigenvalue weighted by atomic mass is 10.0. The van der Waals surface area contributed by atoms with Crippen molar-refractivity contribution in [3.63, 3.8) is 0 Å². The van der Waals surface area contributed by atoms with Crippen molar-refractivity contribution in [3.05, 3.63) is 46.4 Å². The van der Waals surface area contributed by atoms with Crippen LogP contribution in [-0.2, 0) is 16.0 Å². The van der Waals surface area contributed by atoms with E-state index in [4.69, 9.17) is 10.5 Å². The lowest BCUT2D eigenvalue weighted by Gasteiger charge is -2.13. The zero-order valence-corrected chi connectivity index (χ0v) is 12.3. The Labute approximate surface area is 120 Å². The molecule has 1 atom stereocenters. The maximum atomic E-state index is 11.6. The highest BCUT2D eigenvalue weighted by Crippen LogP contribution is 2.28. The molecule has 1 unspecified atom stereocenters. The minimum atomic E-state index is -0.627. The van der Waals surface area contributed by atoms with Gasteiger partial charge in [0.15, 0.2) is 0 Å². The van der Waals surface area contributed by atoms with Gasteiger partial charge in [0.05, 0.1) is 6.61 Å². The summed E-state index contributed by atoms with van der Waals surface area (Å²) in [6.45, 7) is 2.13. The second kappa shape index (κ2) is 6.17. The first-order valence-corrected chi connectivity index (χ1v) is 7.01. The molecule has 0 aliphatic rings. The van der Waals surface area contributed by atoms with E-state index < -0.39 is 6.04 Å². The number of carbonyl (C=O) groups is 1. The van der Waals surface area contributed by atoms with E-state index in [1.165, 1.54) is 0 Å². The normalized spacial score (nSPS) is 12.4. The molecule has 100 valence electrons. The SMILES string of the molecule is CCOC(=O)C(N)Cc1ccc2ccccc2c1Br. The highest BCUT2D eigenvalue weighted by molar-refractivity contribution is 9.10. The molecule has 0 aromatic heterocycles. The first kappa shape index (κ1) is 14.0. The van der Waals surface area contributed by atoms with Crippen molar-refractivity contribution in [3.8, 4) is 0 Å². The number of hydrogen-bond donors (Lipinski definition) is 1. The van der Waals surface area contributed by atoms with Gasteiger partial charge in [-0.05, 0) is 45.6 Å². The molecule has 0 heterocycles. The Balaban J connectivity index is 2.26. The van der Waals surface area contributed by atoms with Crippen molar-refractivity contribution in [1.82, 2.24) is 0 Å². The molecule has 0 bridgehead atoms. The minimum absolute atomic E-state index is 0.353. The van der Waals surface area contributed by atoms with E-state index in [9.17, 15) is 4.79 Å².